The van der Waals surface area contributed by atoms with Crippen LogP contribution in [0.5, 0.6) is 0 Å². The van der Waals surface area contributed by atoms with E-state index in [1.165, 1.54) is 12.8 Å². The maximum Gasteiger partial charge on any atom is 0.0552 e. The fourth-order valence-electron chi connectivity index (χ4n) is 1.52. The third-order valence-corrected chi connectivity index (χ3v) is 3.77. The summed E-state index contributed by atoms with van der Waals surface area (Å²) in [5.74, 6) is 0.844. The first-order valence-corrected chi connectivity index (χ1v) is 5.48. The molecule has 2 heteroatoms. The van der Waals surface area contributed by atoms with E-state index in [0.717, 1.165) is 24.5 Å². The number of hydrogen-bond acceptors (Lipinski definition) is 1. The lowest BCUT2D eigenvalue weighted by Crippen LogP contribution is -2.45. The number of rotatable bonds is 4. The predicted octanol–water partition coefficient (Wildman–Crippen LogP) is 2.83. The minimum atomic E-state index is 0.482. The molecule has 0 aromatic heterocycles. The van der Waals surface area contributed by atoms with Gasteiger partial charge in [0.15, 0.2) is 0 Å². The fraction of sp³-hybridized carbons (Fsp3) is 1.00. The lowest BCUT2D eigenvalue weighted by atomic mass is 9.79. The Morgan fingerprint density at radius 3 is 2.45 bits per heavy atom. The van der Waals surface area contributed by atoms with E-state index in [0.29, 0.717) is 5.41 Å². The van der Waals surface area contributed by atoms with Crippen LogP contribution in [0.4, 0.5) is 0 Å². The summed E-state index contributed by atoms with van der Waals surface area (Å²) in [5.41, 5.74) is 0.482. The summed E-state index contributed by atoms with van der Waals surface area (Å²) in [5, 5.41) is 1.10. The van der Waals surface area contributed by atoms with Crippen LogP contribution in [0.15, 0.2) is 0 Å². The molecule has 1 aliphatic rings. The molecule has 1 rings (SSSR count). The molecule has 1 saturated heterocycles. The van der Waals surface area contributed by atoms with Crippen LogP contribution in [0, 0.1) is 11.3 Å². The van der Waals surface area contributed by atoms with E-state index in [-0.39, 0.29) is 0 Å². The minimum Gasteiger partial charge on any atom is -0.380 e. The molecule has 1 aliphatic heterocycles. The van der Waals surface area contributed by atoms with Crippen LogP contribution in [0.2, 0.25) is 0 Å². The zero-order valence-corrected chi connectivity index (χ0v) is 8.99. The maximum atomic E-state index is 5.24. The third kappa shape index (κ3) is 2.19. The highest BCUT2D eigenvalue weighted by Crippen LogP contribution is 2.36. The van der Waals surface area contributed by atoms with Crippen LogP contribution in [-0.2, 0) is 4.74 Å². The maximum absolute atomic E-state index is 5.24. The molecule has 1 heterocycles. The van der Waals surface area contributed by atoms with Crippen molar-refractivity contribution in [2.45, 2.75) is 26.7 Å². The average molecular weight is 221 g/mol. The van der Waals surface area contributed by atoms with Gasteiger partial charge >= 0.3 is 0 Å². The van der Waals surface area contributed by atoms with Crippen LogP contribution >= 0.6 is 15.9 Å². The predicted molar refractivity (Wildman–Crippen MR) is 51.1 cm³/mol. The lowest BCUT2D eigenvalue weighted by molar-refractivity contribution is -0.108. The molecule has 0 bridgehead atoms. The van der Waals surface area contributed by atoms with E-state index in [4.69, 9.17) is 4.74 Å². The molecule has 0 spiro atoms. The molecule has 1 unspecified atom stereocenters. The summed E-state index contributed by atoms with van der Waals surface area (Å²) in [7, 11) is 0. The van der Waals surface area contributed by atoms with E-state index >= 15 is 0 Å². The van der Waals surface area contributed by atoms with Gasteiger partial charge in [0, 0.05) is 10.7 Å². The van der Waals surface area contributed by atoms with E-state index in [9.17, 15) is 0 Å². The number of hydrogen-bond donors (Lipinski definition) is 0. The van der Waals surface area contributed by atoms with Gasteiger partial charge in [0.25, 0.3) is 0 Å². The Bertz CT molecular complexity index is 115. The van der Waals surface area contributed by atoms with Gasteiger partial charge in [0.2, 0.25) is 0 Å². The van der Waals surface area contributed by atoms with E-state index in [2.05, 4.69) is 29.8 Å². The van der Waals surface area contributed by atoms with Crippen molar-refractivity contribution in [3.63, 3.8) is 0 Å². The second-order valence-corrected chi connectivity index (χ2v) is 4.40. The van der Waals surface area contributed by atoms with E-state index < -0.39 is 0 Å². The van der Waals surface area contributed by atoms with Crippen molar-refractivity contribution >= 4 is 15.9 Å². The SMILES string of the molecule is CCC(C)CC1(CBr)COC1. The summed E-state index contributed by atoms with van der Waals surface area (Å²) in [6.07, 6.45) is 2.60. The van der Waals surface area contributed by atoms with E-state index in [1.807, 2.05) is 0 Å². The summed E-state index contributed by atoms with van der Waals surface area (Å²) in [6, 6.07) is 0. The van der Waals surface area contributed by atoms with Crippen molar-refractivity contribution < 1.29 is 4.74 Å². The molecule has 0 amide bonds. The van der Waals surface area contributed by atoms with Gasteiger partial charge in [0.05, 0.1) is 13.2 Å². The summed E-state index contributed by atoms with van der Waals surface area (Å²) < 4.78 is 5.24. The molecule has 0 N–H and O–H groups in total. The Morgan fingerprint density at radius 2 is 2.18 bits per heavy atom. The highest BCUT2D eigenvalue weighted by molar-refractivity contribution is 9.09. The van der Waals surface area contributed by atoms with Crippen molar-refractivity contribution in [1.82, 2.24) is 0 Å². The molecule has 11 heavy (non-hydrogen) atoms. The van der Waals surface area contributed by atoms with Crippen molar-refractivity contribution in [3.8, 4) is 0 Å². The molecule has 1 atom stereocenters. The van der Waals surface area contributed by atoms with Gasteiger partial charge in [-0.2, -0.15) is 0 Å². The van der Waals surface area contributed by atoms with E-state index in [1.54, 1.807) is 0 Å². The van der Waals surface area contributed by atoms with Crippen LogP contribution in [0.3, 0.4) is 0 Å². The highest BCUT2D eigenvalue weighted by Gasteiger charge is 2.38. The smallest absolute Gasteiger partial charge is 0.0552 e. The number of halogens is 1. The van der Waals surface area contributed by atoms with Crippen LogP contribution in [0.1, 0.15) is 26.7 Å². The molecule has 0 aliphatic carbocycles. The summed E-state index contributed by atoms with van der Waals surface area (Å²) in [6.45, 7) is 6.50. The quantitative estimate of drug-likeness (QED) is 0.663. The molecule has 66 valence electrons. The molecule has 0 aromatic carbocycles. The van der Waals surface area contributed by atoms with Gasteiger partial charge < -0.3 is 4.74 Å². The lowest BCUT2D eigenvalue weighted by Gasteiger charge is -2.41. The van der Waals surface area contributed by atoms with Crippen molar-refractivity contribution in [3.05, 3.63) is 0 Å². The molecule has 0 saturated carbocycles. The third-order valence-electron chi connectivity index (χ3n) is 2.58. The monoisotopic (exact) mass is 220 g/mol. The fourth-order valence-corrected chi connectivity index (χ4v) is 2.08. The van der Waals surface area contributed by atoms with Gasteiger partial charge in [-0.05, 0) is 12.3 Å². The molecule has 1 fully saturated rings. The standard InChI is InChI=1S/C9H17BrO/c1-3-8(2)4-9(5-10)6-11-7-9/h8H,3-7H2,1-2H3. The average Bonchev–Trinajstić information content (AvgIpc) is 1.96. The Labute approximate surface area is 77.6 Å². The van der Waals surface area contributed by atoms with Gasteiger partial charge in [-0.1, -0.05) is 36.2 Å². The van der Waals surface area contributed by atoms with Crippen molar-refractivity contribution in [2.24, 2.45) is 11.3 Å². The van der Waals surface area contributed by atoms with Crippen molar-refractivity contribution in [2.75, 3.05) is 18.5 Å². The normalized spacial score (nSPS) is 24.3. The van der Waals surface area contributed by atoms with Crippen molar-refractivity contribution in [1.29, 1.82) is 0 Å². The van der Waals surface area contributed by atoms with Crippen LogP contribution in [0.25, 0.3) is 0 Å². The second-order valence-electron chi connectivity index (χ2n) is 3.84. The highest BCUT2D eigenvalue weighted by atomic mass is 79.9. The summed E-state index contributed by atoms with van der Waals surface area (Å²) >= 11 is 3.56. The Balaban J connectivity index is 2.32. The van der Waals surface area contributed by atoms with Gasteiger partial charge in [-0.25, -0.2) is 0 Å². The zero-order valence-electron chi connectivity index (χ0n) is 7.40. The molecule has 1 nitrogen and oxygen atoms in total. The zero-order chi connectivity index (χ0) is 8.32. The molecular formula is C9H17BrO. The topological polar surface area (TPSA) is 9.23 Å². The van der Waals surface area contributed by atoms with Gasteiger partial charge in [-0.15, -0.1) is 0 Å². The molecule has 0 aromatic rings. The Kier molecular flexibility index (Phi) is 3.38. The van der Waals surface area contributed by atoms with Gasteiger partial charge in [0.1, 0.15) is 0 Å². The summed E-state index contributed by atoms with van der Waals surface area (Å²) in [4.78, 5) is 0. The molecular weight excluding hydrogens is 204 g/mol. The number of alkyl halides is 1. The number of ether oxygens (including phenoxy) is 1. The first kappa shape index (κ1) is 9.53. The Hall–Kier alpha value is 0.440. The first-order chi connectivity index (χ1) is 5.22. The Morgan fingerprint density at radius 1 is 1.55 bits per heavy atom. The minimum absolute atomic E-state index is 0.482. The van der Waals surface area contributed by atoms with Crippen LogP contribution in [-0.4, -0.2) is 18.5 Å². The van der Waals surface area contributed by atoms with Crippen LogP contribution < -0.4 is 0 Å². The largest absolute Gasteiger partial charge is 0.380 e. The second kappa shape index (κ2) is 3.90. The first-order valence-electron chi connectivity index (χ1n) is 4.36. The molecule has 0 radical (unpaired) electrons. The van der Waals surface area contributed by atoms with Gasteiger partial charge in [-0.3, -0.25) is 0 Å².